The first-order chi connectivity index (χ1) is 14.0. The van der Waals surface area contributed by atoms with Gasteiger partial charge < -0.3 is 16.0 Å². The molecule has 0 atom stereocenters. The molecule has 0 spiro atoms. The molecule has 2 aromatic heterocycles. The van der Waals surface area contributed by atoms with E-state index in [9.17, 15) is 14.9 Å². The van der Waals surface area contributed by atoms with Gasteiger partial charge in [-0.25, -0.2) is 15.0 Å². The number of pyridine rings is 1. The smallest absolute Gasteiger partial charge is 0.269 e. The summed E-state index contributed by atoms with van der Waals surface area (Å²) >= 11 is 0. The van der Waals surface area contributed by atoms with E-state index in [4.69, 9.17) is 0 Å². The highest BCUT2D eigenvalue weighted by Crippen LogP contribution is 2.15. The Morgan fingerprint density at radius 1 is 1.00 bits per heavy atom. The number of rotatable bonds is 8. The summed E-state index contributed by atoms with van der Waals surface area (Å²) in [4.78, 5) is 34.7. The Balaban J connectivity index is 1.48. The van der Waals surface area contributed by atoms with E-state index < -0.39 is 4.92 Å². The summed E-state index contributed by atoms with van der Waals surface area (Å²) in [7, 11) is 0. The second kappa shape index (κ2) is 9.22. The molecular formula is C19H19N7O3. The lowest BCUT2D eigenvalue weighted by Gasteiger charge is -2.09. The van der Waals surface area contributed by atoms with Gasteiger partial charge in [0.15, 0.2) is 0 Å². The average molecular weight is 393 g/mol. The van der Waals surface area contributed by atoms with Gasteiger partial charge in [-0.2, -0.15) is 0 Å². The predicted octanol–water partition coefficient (Wildman–Crippen LogP) is 2.67. The molecule has 3 rings (SSSR count). The summed E-state index contributed by atoms with van der Waals surface area (Å²) in [5, 5.41) is 19.6. The number of aryl methyl sites for hydroxylation is 1. The lowest BCUT2D eigenvalue weighted by atomic mass is 10.2. The summed E-state index contributed by atoms with van der Waals surface area (Å²) < 4.78 is 0. The Labute approximate surface area is 166 Å². The number of nitro benzene ring substituents is 1. The molecule has 148 valence electrons. The zero-order valence-electron chi connectivity index (χ0n) is 15.6. The van der Waals surface area contributed by atoms with Crippen molar-refractivity contribution >= 4 is 29.0 Å². The first-order valence-corrected chi connectivity index (χ1v) is 8.79. The summed E-state index contributed by atoms with van der Waals surface area (Å²) in [5.74, 6) is 1.57. The van der Waals surface area contributed by atoms with Crippen molar-refractivity contribution < 1.29 is 9.72 Å². The van der Waals surface area contributed by atoms with Gasteiger partial charge in [-0.15, -0.1) is 0 Å². The Hall–Kier alpha value is -4.08. The van der Waals surface area contributed by atoms with Crippen LogP contribution in [0.25, 0.3) is 0 Å². The van der Waals surface area contributed by atoms with Crippen LogP contribution in [0.4, 0.5) is 23.1 Å². The quantitative estimate of drug-likeness (QED) is 0.302. The molecule has 0 saturated carbocycles. The van der Waals surface area contributed by atoms with Crippen LogP contribution in [0.15, 0.2) is 55.0 Å². The largest absolute Gasteiger partial charge is 0.368 e. The fourth-order valence-corrected chi connectivity index (χ4v) is 2.46. The molecule has 3 aromatic rings. The molecule has 0 aliphatic rings. The molecule has 2 heterocycles. The minimum atomic E-state index is -0.508. The van der Waals surface area contributed by atoms with Crippen molar-refractivity contribution in [2.75, 3.05) is 23.7 Å². The second-order valence-electron chi connectivity index (χ2n) is 6.12. The molecule has 0 fully saturated rings. The fraction of sp³-hybridized carbons (Fsp3) is 0.158. The van der Waals surface area contributed by atoms with Crippen LogP contribution < -0.4 is 16.0 Å². The number of amides is 1. The molecule has 29 heavy (non-hydrogen) atoms. The van der Waals surface area contributed by atoms with E-state index in [2.05, 4.69) is 30.9 Å². The first-order valence-electron chi connectivity index (χ1n) is 8.79. The highest BCUT2D eigenvalue weighted by atomic mass is 16.6. The normalized spacial score (nSPS) is 10.2. The molecule has 3 N–H and O–H groups in total. The Morgan fingerprint density at radius 2 is 1.72 bits per heavy atom. The maximum Gasteiger partial charge on any atom is 0.269 e. The minimum absolute atomic E-state index is 0.0581. The molecule has 0 radical (unpaired) electrons. The highest BCUT2D eigenvalue weighted by molar-refractivity contribution is 5.94. The van der Waals surface area contributed by atoms with Crippen LogP contribution in [0.5, 0.6) is 0 Å². The van der Waals surface area contributed by atoms with Gasteiger partial charge in [0.05, 0.1) is 4.92 Å². The predicted molar refractivity (Wildman–Crippen MR) is 108 cm³/mol. The zero-order valence-corrected chi connectivity index (χ0v) is 15.6. The monoisotopic (exact) mass is 393 g/mol. The van der Waals surface area contributed by atoms with E-state index in [0.717, 1.165) is 5.56 Å². The van der Waals surface area contributed by atoms with E-state index in [1.807, 2.05) is 19.1 Å². The average Bonchev–Trinajstić information content (AvgIpc) is 2.71. The Morgan fingerprint density at radius 3 is 2.45 bits per heavy atom. The number of nitrogens with one attached hydrogen (secondary N) is 3. The lowest BCUT2D eigenvalue weighted by molar-refractivity contribution is -0.384. The molecule has 0 aliphatic heterocycles. The van der Waals surface area contributed by atoms with Crippen LogP contribution in [0.3, 0.4) is 0 Å². The number of nitro groups is 1. The van der Waals surface area contributed by atoms with E-state index in [1.54, 1.807) is 12.3 Å². The second-order valence-corrected chi connectivity index (χ2v) is 6.12. The summed E-state index contributed by atoms with van der Waals surface area (Å²) in [6.07, 6.45) is 3.14. The molecule has 0 saturated heterocycles. The van der Waals surface area contributed by atoms with Gasteiger partial charge >= 0.3 is 0 Å². The molecule has 0 unspecified atom stereocenters. The van der Waals surface area contributed by atoms with Crippen LogP contribution in [-0.4, -0.2) is 38.9 Å². The summed E-state index contributed by atoms with van der Waals surface area (Å²) in [6, 6.07) is 11.0. The number of aromatic nitrogens is 3. The zero-order chi connectivity index (χ0) is 20.6. The highest BCUT2D eigenvalue weighted by Gasteiger charge is 2.09. The van der Waals surface area contributed by atoms with Crippen LogP contribution in [0.2, 0.25) is 0 Å². The van der Waals surface area contributed by atoms with Gasteiger partial charge in [-0.05, 0) is 36.8 Å². The number of hydrogen-bond acceptors (Lipinski definition) is 8. The number of nitrogens with zero attached hydrogens (tertiary/aromatic N) is 4. The first kappa shape index (κ1) is 19.7. The number of hydrogen-bond donors (Lipinski definition) is 3. The van der Waals surface area contributed by atoms with Gasteiger partial charge in [0.2, 0.25) is 0 Å². The van der Waals surface area contributed by atoms with Crippen LogP contribution in [0.1, 0.15) is 15.9 Å². The van der Waals surface area contributed by atoms with E-state index in [1.165, 1.54) is 30.6 Å². The third-order valence-electron chi connectivity index (χ3n) is 3.90. The van der Waals surface area contributed by atoms with Crippen molar-refractivity contribution in [3.63, 3.8) is 0 Å². The Kier molecular flexibility index (Phi) is 6.25. The van der Waals surface area contributed by atoms with E-state index in [0.29, 0.717) is 36.1 Å². The molecule has 1 amide bonds. The number of carbonyl (C=O) groups excluding carboxylic acids is 1. The van der Waals surface area contributed by atoms with Crippen molar-refractivity contribution in [3.8, 4) is 0 Å². The Bertz CT molecular complexity index is 1010. The number of non-ortho nitro benzene ring substituents is 1. The minimum Gasteiger partial charge on any atom is -0.368 e. The maximum absolute atomic E-state index is 12.1. The summed E-state index contributed by atoms with van der Waals surface area (Å²) in [6.45, 7) is 2.77. The molecule has 0 bridgehead atoms. The molecular weight excluding hydrogens is 374 g/mol. The topological polar surface area (TPSA) is 135 Å². The van der Waals surface area contributed by atoms with Gasteiger partial charge in [0.1, 0.15) is 23.8 Å². The summed E-state index contributed by atoms with van der Waals surface area (Å²) in [5.41, 5.74) is 1.38. The molecule has 1 aromatic carbocycles. The lowest BCUT2D eigenvalue weighted by Crippen LogP contribution is -2.28. The van der Waals surface area contributed by atoms with Crippen molar-refractivity contribution in [2.45, 2.75) is 6.92 Å². The van der Waals surface area contributed by atoms with Crippen molar-refractivity contribution in [2.24, 2.45) is 0 Å². The van der Waals surface area contributed by atoms with Crippen LogP contribution in [0, 0.1) is 17.0 Å². The van der Waals surface area contributed by atoms with E-state index >= 15 is 0 Å². The van der Waals surface area contributed by atoms with Gasteiger partial charge in [0.25, 0.3) is 11.6 Å². The standard InChI is InChI=1S/C19H19N7O3/c1-13-6-7-20-17(10-13)25-18-11-16(23-12-24-18)21-8-9-22-19(27)14-2-4-15(5-3-14)26(28)29/h2-7,10-12H,8-9H2,1H3,(H,22,27)(H2,20,21,23,24,25). The fourth-order valence-electron chi connectivity index (χ4n) is 2.46. The number of carbonyl (C=O) groups is 1. The molecule has 10 nitrogen and oxygen atoms in total. The number of anilines is 3. The maximum atomic E-state index is 12.1. The molecule has 0 aliphatic carbocycles. The van der Waals surface area contributed by atoms with Crippen molar-refractivity contribution in [3.05, 3.63) is 76.2 Å². The van der Waals surface area contributed by atoms with Gasteiger partial charge in [-0.3, -0.25) is 14.9 Å². The third-order valence-corrected chi connectivity index (χ3v) is 3.90. The van der Waals surface area contributed by atoms with Crippen LogP contribution in [-0.2, 0) is 0 Å². The van der Waals surface area contributed by atoms with Gasteiger partial charge in [-0.1, -0.05) is 0 Å². The number of benzene rings is 1. The van der Waals surface area contributed by atoms with Crippen LogP contribution >= 0.6 is 0 Å². The van der Waals surface area contributed by atoms with Crippen molar-refractivity contribution in [1.82, 2.24) is 20.3 Å². The SMILES string of the molecule is Cc1ccnc(Nc2cc(NCCNC(=O)c3ccc([N+](=O)[O-])cc3)ncn2)c1. The van der Waals surface area contributed by atoms with Crippen molar-refractivity contribution in [1.29, 1.82) is 0 Å². The van der Waals surface area contributed by atoms with Gasteiger partial charge in [0, 0.05) is 43.0 Å². The molecule has 10 heteroatoms. The third kappa shape index (κ3) is 5.70. The van der Waals surface area contributed by atoms with E-state index in [-0.39, 0.29) is 11.6 Å².